The molecule has 0 aliphatic heterocycles. The standard InChI is InChI=1S/C16H33NO/c1-2-3-4-5-6-7-8-9-10-11-12-13-14-15-16-17-18/h16,18H,2-15H2,1H3. The van der Waals surface area contributed by atoms with E-state index in [1.807, 2.05) is 0 Å². The van der Waals surface area contributed by atoms with Crippen LogP contribution in [0.4, 0.5) is 0 Å². The van der Waals surface area contributed by atoms with Gasteiger partial charge in [0.1, 0.15) is 0 Å². The average Bonchev–Trinajstić information content (AvgIpc) is 2.39. The van der Waals surface area contributed by atoms with Crippen molar-refractivity contribution in [2.24, 2.45) is 5.16 Å². The van der Waals surface area contributed by atoms with Crippen molar-refractivity contribution < 1.29 is 5.21 Å². The molecule has 0 saturated carbocycles. The maximum absolute atomic E-state index is 8.23. The first-order chi connectivity index (χ1) is 8.91. The van der Waals surface area contributed by atoms with Crippen LogP contribution in [0.15, 0.2) is 5.16 Å². The van der Waals surface area contributed by atoms with Crippen LogP contribution < -0.4 is 0 Å². The minimum Gasteiger partial charge on any atom is -0.411 e. The lowest BCUT2D eigenvalue weighted by atomic mass is 10.0. The van der Waals surface area contributed by atoms with Crippen LogP contribution in [0.5, 0.6) is 0 Å². The number of oxime groups is 1. The fraction of sp³-hybridized carbons (Fsp3) is 0.938. The molecule has 2 nitrogen and oxygen atoms in total. The molecule has 0 bridgehead atoms. The monoisotopic (exact) mass is 255 g/mol. The van der Waals surface area contributed by atoms with Crippen LogP contribution in [0.3, 0.4) is 0 Å². The Balaban J connectivity index is 2.90. The summed E-state index contributed by atoms with van der Waals surface area (Å²) in [6.45, 7) is 2.27. The number of hydrogen-bond acceptors (Lipinski definition) is 2. The lowest BCUT2D eigenvalue weighted by molar-refractivity contribution is 0.320. The summed E-state index contributed by atoms with van der Waals surface area (Å²) in [6, 6.07) is 0. The minimum atomic E-state index is 0.925. The number of hydrogen-bond donors (Lipinski definition) is 1. The largest absolute Gasteiger partial charge is 0.411 e. The molecule has 108 valence electrons. The zero-order valence-electron chi connectivity index (χ0n) is 12.4. The molecule has 0 aliphatic rings. The van der Waals surface area contributed by atoms with E-state index in [9.17, 15) is 0 Å². The van der Waals surface area contributed by atoms with Gasteiger partial charge in [0, 0.05) is 6.21 Å². The van der Waals surface area contributed by atoms with Crippen molar-refractivity contribution in [1.82, 2.24) is 0 Å². The molecular formula is C16H33NO. The summed E-state index contributed by atoms with van der Waals surface area (Å²) in [5.41, 5.74) is 0. The Labute approximate surface area is 114 Å². The number of nitrogens with zero attached hydrogens (tertiary/aromatic N) is 1. The van der Waals surface area contributed by atoms with E-state index in [0.29, 0.717) is 0 Å². The second-order valence-corrected chi connectivity index (χ2v) is 5.33. The zero-order valence-corrected chi connectivity index (χ0v) is 12.4. The summed E-state index contributed by atoms with van der Waals surface area (Å²) < 4.78 is 0. The van der Waals surface area contributed by atoms with Crippen LogP contribution in [0, 0.1) is 0 Å². The van der Waals surface area contributed by atoms with Crippen LogP contribution in [-0.2, 0) is 0 Å². The van der Waals surface area contributed by atoms with E-state index in [4.69, 9.17) is 5.21 Å². The van der Waals surface area contributed by atoms with Gasteiger partial charge in [0.15, 0.2) is 0 Å². The van der Waals surface area contributed by atoms with Gasteiger partial charge in [-0.3, -0.25) is 0 Å². The first kappa shape index (κ1) is 17.5. The molecule has 0 spiro atoms. The minimum absolute atomic E-state index is 0.925. The van der Waals surface area contributed by atoms with E-state index in [1.54, 1.807) is 6.21 Å². The SMILES string of the molecule is CCCCCCCCCCCCCCCC=NO. The van der Waals surface area contributed by atoms with Crippen LogP contribution >= 0.6 is 0 Å². The van der Waals surface area contributed by atoms with E-state index in [0.717, 1.165) is 6.42 Å². The lowest BCUT2D eigenvalue weighted by Crippen LogP contribution is -1.83. The van der Waals surface area contributed by atoms with Crippen LogP contribution in [0.1, 0.15) is 96.8 Å². The van der Waals surface area contributed by atoms with Gasteiger partial charge in [-0.15, -0.1) is 5.16 Å². The van der Waals surface area contributed by atoms with E-state index >= 15 is 0 Å². The number of rotatable bonds is 14. The van der Waals surface area contributed by atoms with Crippen molar-refractivity contribution in [2.45, 2.75) is 96.8 Å². The van der Waals surface area contributed by atoms with Crippen molar-refractivity contribution in [3.05, 3.63) is 0 Å². The quantitative estimate of drug-likeness (QED) is 0.177. The molecule has 0 atom stereocenters. The van der Waals surface area contributed by atoms with Crippen molar-refractivity contribution >= 4 is 6.21 Å². The Bertz CT molecular complexity index is 168. The van der Waals surface area contributed by atoms with Crippen molar-refractivity contribution in [3.8, 4) is 0 Å². The first-order valence-electron chi connectivity index (χ1n) is 8.07. The summed E-state index contributed by atoms with van der Waals surface area (Å²) in [5.74, 6) is 0. The Hall–Kier alpha value is -0.530. The second-order valence-electron chi connectivity index (χ2n) is 5.33. The summed E-state index contributed by atoms with van der Waals surface area (Å²) in [7, 11) is 0. The number of unbranched alkanes of at least 4 members (excludes halogenated alkanes) is 13. The third kappa shape index (κ3) is 15.5. The van der Waals surface area contributed by atoms with E-state index in [2.05, 4.69) is 12.1 Å². The summed E-state index contributed by atoms with van der Waals surface area (Å²) >= 11 is 0. The molecule has 0 aromatic carbocycles. The van der Waals surface area contributed by atoms with Gasteiger partial charge in [0.05, 0.1) is 0 Å². The summed E-state index contributed by atoms with van der Waals surface area (Å²) in [6.07, 6.45) is 20.5. The molecular weight excluding hydrogens is 222 g/mol. The highest BCUT2D eigenvalue weighted by atomic mass is 16.4. The molecule has 0 aliphatic carbocycles. The van der Waals surface area contributed by atoms with Gasteiger partial charge < -0.3 is 5.21 Å². The highest BCUT2D eigenvalue weighted by molar-refractivity contribution is 5.55. The molecule has 1 N–H and O–H groups in total. The molecule has 0 amide bonds. The van der Waals surface area contributed by atoms with E-state index in [-0.39, 0.29) is 0 Å². The molecule has 0 radical (unpaired) electrons. The van der Waals surface area contributed by atoms with Gasteiger partial charge in [-0.2, -0.15) is 0 Å². The van der Waals surface area contributed by atoms with Crippen LogP contribution in [-0.4, -0.2) is 11.4 Å². The maximum atomic E-state index is 8.23. The van der Waals surface area contributed by atoms with Gasteiger partial charge in [-0.25, -0.2) is 0 Å². The third-order valence-corrected chi connectivity index (χ3v) is 3.52. The maximum Gasteiger partial charge on any atom is 0.0435 e. The van der Waals surface area contributed by atoms with E-state index in [1.165, 1.54) is 83.5 Å². The van der Waals surface area contributed by atoms with Gasteiger partial charge in [0.25, 0.3) is 0 Å². The normalized spacial score (nSPS) is 11.4. The summed E-state index contributed by atoms with van der Waals surface area (Å²) in [5, 5.41) is 11.2. The molecule has 0 unspecified atom stereocenters. The fourth-order valence-electron chi connectivity index (χ4n) is 2.31. The highest BCUT2D eigenvalue weighted by Crippen LogP contribution is 2.12. The molecule has 0 fully saturated rings. The lowest BCUT2D eigenvalue weighted by Gasteiger charge is -2.02. The highest BCUT2D eigenvalue weighted by Gasteiger charge is 1.93. The second kappa shape index (κ2) is 16.5. The van der Waals surface area contributed by atoms with E-state index < -0.39 is 0 Å². The molecule has 0 aromatic rings. The predicted octanol–water partition coefficient (Wildman–Crippen LogP) is 5.93. The summed E-state index contributed by atoms with van der Waals surface area (Å²) in [4.78, 5) is 0. The van der Waals surface area contributed by atoms with Crippen LogP contribution in [0.25, 0.3) is 0 Å². The Kier molecular flexibility index (Phi) is 16.0. The van der Waals surface area contributed by atoms with Crippen molar-refractivity contribution in [2.75, 3.05) is 0 Å². The van der Waals surface area contributed by atoms with Gasteiger partial charge >= 0.3 is 0 Å². The first-order valence-corrected chi connectivity index (χ1v) is 8.07. The molecule has 0 aromatic heterocycles. The van der Waals surface area contributed by atoms with Crippen LogP contribution in [0.2, 0.25) is 0 Å². The Morgan fingerprint density at radius 1 is 0.667 bits per heavy atom. The predicted molar refractivity (Wildman–Crippen MR) is 80.6 cm³/mol. The Morgan fingerprint density at radius 3 is 1.44 bits per heavy atom. The average molecular weight is 255 g/mol. The third-order valence-electron chi connectivity index (χ3n) is 3.52. The molecule has 2 heteroatoms. The van der Waals surface area contributed by atoms with Gasteiger partial charge in [-0.1, -0.05) is 84.0 Å². The Morgan fingerprint density at radius 2 is 1.06 bits per heavy atom. The fourth-order valence-corrected chi connectivity index (χ4v) is 2.31. The topological polar surface area (TPSA) is 32.6 Å². The smallest absolute Gasteiger partial charge is 0.0435 e. The molecule has 18 heavy (non-hydrogen) atoms. The molecule has 0 saturated heterocycles. The molecule has 0 rings (SSSR count). The van der Waals surface area contributed by atoms with Crippen molar-refractivity contribution in [3.63, 3.8) is 0 Å². The van der Waals surface area contributed by atoms with Gasteiger partial charge in [-0.05, 0) is 12.8 Å². The van der Waals surface area contributed by atoms with Crippen molar-refractivity contribution in [1.29, 1.82) is 0 Å². The molecule has 0 heterocycles. The van der Waals surface area contributed by atoms with Gasteiger partial charge in [0.2, 0.25) is 0 Å². The zero-order chi connectivity index (χ0) is 13.3.